The number of carboxylic acids is 2. The molecule has 0 saturated carbocycles. The second-order valence-corrected chi connectivity index (χ2v) is 4.19. The molecular weight excluding hydrogens is 258 g/mol. The maximum Gasteiger partial charge on any atom is 0.305 e. The zero-order chi connectivity index (χ0) is 13.5. The second kappa shape index (κ2) is 6.86. The summed E-state index contributed by atoms with van der Waals surface area (Å²) in [6, 6.07) is 6.86. The molecule has 0 aliphatic rings. The summed E-state index contributed by atoms with van der Waals surface area (Å²) in [5.41, 5.74) is 0.766. The van der Waals surface area contributed by atoms with Gasteiger partial charge in [0.1, 0.15) is 0 Å². The molecule has 0 bridgehead atoms. The quantitative estimate of drug-likeness (QED) is 0.794. The van der Waals surface area contributed by atoms with Gasteiger partial charge in [-0.25, -0.2) is 0 Å². The highest BCUT2D eigenvalue weighted by Gasteiger charge is 2.10. The molecule has 0 heterocycles. The predicted octanol–water partition coefficient (Wildman–Crippen LogP) is 2.10. The number of rotatable bonds is 7. The molecule has 0 unspecified atom stereocenters. The van der Waals surface area contributed by atoms with Crippen molar-refractivity contribution in [1.29, 1.82) is 0 Å². The number of carboxylic acid groups (broad SMARTS) is 2. The lowest BCUT2D eigenvalue weighted by Gasteiger charge is -2.23. The molecule has 1 rings (SSSR count). The lowest BCUT2D eigenvalue weighted by atomic mass is 10.2. The Balaban J connectivity index is 2.71. The Bertz CT molecular complexity index is 401. The summed E-state index contributed by atoms with van der Waals surface area (Å²) in [6.07, 6.45) is -0.0789. The molecule has 0 fully saturated rings. The highest BCUT2D eigenvalue weighted by atomic mass is 35.5. The van der Waals surface area contributed by atoms with Gasteiger partial charge in [0.05, 0.1) is 12.8 Å². The van der Waals surface area contributed by atoms with Crippen LogP contribution in [-0.4, -0.2) is 35.2 Å². The third kappa shape index (κ3) is 5.05. The van der Waals surface area contributed by atoms with E-state index in [1.165, 1.54) is 0 Å². The highest BCUT2D eigenvalue weighted by Crippen LogP contribution is 2.18. The number of carbonyl (C=O) groups is 2. The first-order valence-corrected chi connectivity index (χ1v) is 5.81. The van der Waals surface area contributed by atoms with Gasteiger partial charge in [0, 0.05) is 23.8 Å². The molecular formula is C12H14ClNO4. The van der Waals surface area contributed by atoms with Crippen molar-refractivity contribution in [2.45, 2.75) is 12.8 Å². The summed E-state index contributed by atoms with van der Waals surface area (Å²) in [7, 11) is 0. The third-order valence-electron chi connectivity index (χ3n) is 2.38. The molecule has 0 aromatic heterocycles. The Morgan fingerprint density at radius 1 is 1.00 bits per heavy atom. The number of halogens is 1. The summed E-state index contributed by atoms with van der Waals surface area (Å²) in [6.45, 7) is 0.536. The fraction of sp³-hybridized carbons (Fsp3) is 0.333. The van der Waals surface area contributed by atoms with Gasteiger partial charge < -0.3 is 15.1 Å². The summed E-state index contributed by atoms with van der Waals surface area (Å²) >= 11 is 5.76. The monoisotopic (exact) mass is 271 g/mol. The van der Waals surface area contributed by atoms with E-state index in [-0.39, 0.29) is 25.9 Å². The van der Waals surface area contributed by atoms with Gasteiger partial charge in [0.25, 0.3) is 0 Å². The standard InChI is InChI=1S/C12H14ClNO4/c13-9-1-3-10(4-2-9)14(7-5-11(15)16)8-6-12(17)18/h1-4H,5-8H2,(H,15,16)(H,17,18). The largest absolute Gasteiger partial charge is 0.481 e. The Hall–Kier alpha value is -1.75. The summed E-state index contributed by atoms with van der Waals surface area (Å²) in [5.74, 6) is -1.83. The number of hydrogen-bond acceptors (Lipinski definition) is 3. The molecule has 5 nitrogen and oxygen atoms in total. The third-order valence-corrected chi connectivity index (χ3v) is 2.63. The molecule has 0 aliphatic carbocycles. The molecule has 98 valence electrons. The SMILES string of the molecule is O=C(O)CCN(CCC(=O)O)c1ccc(Cl)cc1. The van der Waals surface area contributed by atoms with E-state index in [4.69, 9.17) is 21.8 Å². The van der Waals surface area contributed by atoms with Crippen molar-refractivity contribution in [2.75, 3.05) is 18.0 Å². The van der Waals surface area contributed by atoms with Crippen LogP contribution in [0.5, 0.6) is 0 Å². The van der Waals surface area contributed by atoms with Crippen molar-refractivity contribution in [3.05, 3.63) is 29.3 Å². The van der Waals surface area contributed by atoms with Crippen LogP contribution >= 0.6 is 11.6 Å². The zero-order valence-corrected chi connectivity index (χ0v) is 10.4. The van der Waals surface area contributed by atoms with Gasteiger partial charge in [-0.2, -0.15) is 0 Å². The van der Waals surface area contributed by atoms with Crippen molar-refractivity contribution in [2.24, 2.45) is 0 Å². The maximum absolute atomic E-state index is 10.6. The minimum absolute atomic E-state index is 0.0394. The maximum atomic E-state index is 10.6. The van der Waals surface area contributed by atoms with Crippen LogP contribution in [0.3, 0.4) is 0 Å². The van der Waals surface area contributed by atoms with Gasteiger partial charge in [-0.05, 0) is 24.3 Å². The van der Waals surface area contributed by atoms with Crippen LogP contribution in [0.2, 0.25) is 5.02 Å². The first-order chi connectivity index (χ1) is 8.49. The van der Waals surface area contributed by atoms with Crippen LogP contribution in [0.15, 0.2) is 24.3 Å². The van der Waals surface area contributed by atoms with E-state index in [2.05, 4.69) is 0 Å². The number of benzene rings is 1. The van der Waals surface area contributed by atoms with Gasteiger partial charge in [-0.15, -0.1) is 0 Å². The predicted molar refractivity (Wildman–Crippen MR) is 68.2 cm³/mol. The summed E-state index contributed by atoms with van der Waals surface area (Å²) in [5, 5.41) is 17.9. The first kappa shape index (κ1) is 14.3. The Labute approximate surface area is 110 Å². The topological polar surface area (TPSA) is 77.8 Å². The molecule has 6 heteroatoms. The summed E-state index contributed by atoms with van der Waals surface area (Å²) in [4.78, 5) is 22.8. The van der Waals surface area contributed by atoms with Crippen LogP contribution in [0, 0.1) is 0 Å². The molecule has 0 amide bonds. The Morgan fingerprint density at radius 2 is 1.44 bits per heavy atom. The minimum Gasteiger partial charge on any atom is -0.481 e. The molecule has 1 aromatic carbocycles. The van der Waals surface area contributed by atoms with Gasteiger partial charge in [0.2, 0.25) is 0 Å². The molecule has 0 spiro atoms. The highest BCUT2D eigenvalue weighted by molar-refractivity contribution is 6.30. The van der Waals surface area contributed by atoms with Crippen LogP contribution < -0.4 is 4.90 Å². The number of aliphatic carboxylic acids is 2. The van der Waals surface area contributed by atoms with Crippen molar-refractivity contribution >= 4 is 29.2 Å². The van der Waals surface area contributed by atoms with E-state index in [0.29, 0.717) is 5.02 Å². The van der Waals surface area contributed by atoms with Crippen molar-refractivity contribution < 1.29 is 19.8 Å². The molecule has 0 radical (unpaired) electrons. The van der Waals surface area contributed by atoms with E-state index in [1.54, 1.807) is 29.2 Å². The van der Waals surface area contributed by atoms with Crippen LogP contribution in [0.25, 0.3) is 0 Å². The molecule has 0 saturated heterocycles. The lowest BCUT2D eigenvalue weighted by molar-refractivity contribution is -0.137. The Kier molecular flexibility index (Phi) is 5.45. The van der Waals surface area contributed by atoms with E-state index in [1.807, 2.05) is 0 Å². The van der Waals surface area contributed by atoms with E-state index in [9.17, 15) is 9.59 Å². The fourth-order valence-electron chi connectivity index (χ4n) is 1.48. The van der Waals surface area contributed by atoms with Crippen molar-refractivity contribution in [1.82, 2.24) is 0 Å². The van der Waals surface area contributed by atoms with Crippen molar-refractivity contribution in [3.8, 4) is 0 Å². The lowest BCUT2D eigenvalue weighted by Crippen LogP contribution is -2.28. The van der Waals surface area contributed by atoms with Gasteiger partial charge >= 0.3 is 11.9 Å². The number of anilines is 1. The van der Waals surface area contributed by atoms with Gasteiger partial charge in [0.15, 0.2) is 0 Å². The molecule has 18 heavy (non-hydrogen) atoms. The fourth-order valence-corrected chi connectivity index (χ4v) is 1.61. The molecule has 0 aliphatic heterocycles. The normalized spacial score (nSPS) is 10.1. The number of nitrogens with zero attached hydrogens (tertiary/aromatic N) is 1. The average molecular weight is 272 g/mol. The van der Waals surface area contributed by atoms with E-state index in [0.717, 1.165) is 5.69 Å². The van der Waals surface area contributed by atoms with Crippen LogP contribution in [0.4, 0.5) is 5.69 Å². The average Bonchev–Trinajstić information content (AvgIpc) is 2.30. The Morgan fingerprint density at radius 3 is 1.83 bits per heavy atom. The van der Waals surface area contributed by atoms with Gasteiger partial charge in [-0.1, -0.05) is 11.6 Å². The number of hydrogen-bond donors (Lipinski definition) is 2. The smallest absolute Gasteiger partial charge is 0.305 e. The first-order valence-electron chi connectivity index (χ1n) is 5.43. The zero-order valence-electron chi connectivity index (χ0n) is 9.67. The molecule has 1 aromatic rings. The minimum atomic E-state index is -0.913. The van der Waals surface area contributed by atoms with Gasteiger partial charge in [-0.3, -0.25) is 9.59 Å². The van der Waals surface area contributed by atoms with E-state index >= 15 is 0 Å². The molecule has 2 N–H and O–H groups in total. The van der Waals surface area contributed by atoms with Crippen LogP contribution in [-0.2, 0) is 9.59 Å². The van der Waals surface area contributed by atoms with Crippen LogP contribution in [0.1, 0.15) is 12.8 Å². The summed E-state index contributed by atoms with van der Waals surface area (Å²) < 4.78 is 0. The van der Waals surface area contributed by atoms with Crippen molar-refractivity contribution in [3.63, 3.8) is 0 Å². The second-order valence-electron chi connectivity index (χ2n) is 3.75. The van der Waals surface area contributed by atoms with E-state index < -0.39 is 11.9 Å². The molecule has 0 atom stereocenters.